The van der Waals surface area contributed by atoms with Crippen molar-refractivity contribution in [3.63, 3.8) is 0 Å². The van der Waals surface area contributed by atoms with E-state index in [1.807, 2.05) is 0 Å². The lowest BCUT2D eigenvalue weighted by atomic mass is 10.3. The molecule has 0 amide bonds. The first kappa shape index (κ1) is 11.3. The third-order valence-electron chi connectivity index (χ3n) is 1.54. The zero-order chi connectivity index (χ0) is 10.7. The van der Waals surface area contributed by atoms with Gasteiger partial charge in [-0.25, -0.2) is 9.00 Å². The average Bonchev–Trinajstić information content (AvgIpc) is 2.58. The molecule has 1 rings (SSSR count). The minimum absolute atomic E-state index is 0.258. The minimum Gasteiger partial charge on any atom is -0.465 e. The molecule has 78 valence electrons. The number of carbonyl (C=O) groups excluding carboxylic acids is 1. The van der Waals surface area contributed by atoms with Gasteiger partial charge < -0.3 is 4.74 Å². The highest BCUT2D eigenvalue weighted by molar-refractivity contribution is 7.80. The molecule has 0 fully saturated rings. The highest BCUT2D eigenvalue weighted by Crippen LogP contribution is 2.26. The molecular formula is C7H9NO4S2. The molecule has 1 unspecified atom stereocenters. The Hall–Kier alpha value is -0.760. The van der Waals surface area contributed by atoms with Gasteiger partial charge in [0.2, 0.25) is 11.1 Å². The molecule has 1 atom stereocenters. The fourth-order valence-electron chi connectivity index (χ4n) is 0.922. The maximum absolute atomic E-state index is 11.3. The highest BCUT2D eigenvalue weighted by Gasteiger charge is 2.21. The molecule has 0 radical (unpaired) electrons. The van der Waals surface area contributed by atoms with Crippen molar-refractivity contribution < 1.29 is 18.0 Å². The molecule has 14 heavy (non-hydrogen) atoms. The Bertz CT molecular complexity index is 374. The Balaban J connectivity index is 3.19. The number of hydrogen-bond donors (Lipinski definition) is 1. The summed E-state index contributed by atoms with van der Waals surface area (Å²) >= 11 is -0.668. The Morgan fingerprint density at radius 1 is 1.64 bits per heavy atom. The maximum atomic E-state index is 11.3. The van der Waals surface area contributed by atoms with Gasteiger partial charge in [0, 0.05) is 0 Å². The van der Waals surface area contributed by atoms with Crippen LogP contribution in [0, 0.1) is 6.92 Å². The summed E-state index contributed by atoms with van der Waals surface area (Å²) in [5.41, 5.74) is 0.694. The number of ether oxygens (including phenoxy) is 1. The minimum atomic E-state index is -1.82. The zero-order valence-corrected chi connectivity index (χ0v) is 9.24. The molecule has 1 aromatic heterocycles. The summed E-state index contributed by atoms with van der Waals surface area (Å²) in [6, 6.07) is 0. The van der Waals surface area contributed by atoms with Gasteiger partial charge in [0.25, 0.3) is 0 Å². The quantitative estimate of drug-likeness (QED) is 0.618. The van der Waals surface area contributed by atoms with E-state index in [2.05, 4.69) is 9.02 Å². The third kappa shape index (κ3) is 2.01. The van der Waals surface area contributed by atoms with Crippen LogP contribution in [0.5, 0.6) is 0 Å². The lowest BCUT2D eigenvalue weighted by Gasteiger charge is -2.00. The number of methoxy groups -OCH3 is 1. The maximum Gasteiger partial charge on any atom is 0.349 e. The zero-order valence-electron chi connectivity index (χ0n) is 7.60. The predicted octanol–water partition coefficient (Wildman–Crippen LogP) is 0.756. The number of carbonyl (C=O) groups is 1. The molecular weight excluding hydrogens is 226 g/mol. The third-order valence-corrected chi connectivity index (χ3v) is 3.78. The Morgan fingerprint density at radius 2 is 2.29 bits per heavy atom. The summed E-state index contributed by atoms with van der Waals surface area (Å²) in [4.78, 5) is 11.8. The topological polar surface area (TPSA) is 78.6 Å². The van der Waals surface area contributed by atoms with Crippen molar-refractivity contribution in [3.05, 3.63) is 15.8 Å². The Morgan fingerprint density at radius 3 is 2.79 bits per heavy atom. The van der Waals surface area contributed by atoms with Crippen LogP contribution in [0.1, 0.15) is 15.2 Å². The first-order valence-corrected chi connectivity index (χ1v) is 5.52. The standard InChI is InChI=1S/C7H9NO4S2/c1-4-3-13-5(7(9)11-2)6(4)14(10)12-8/h3H,8H2,1-2H3. The van der Waals surface area contributed by atoms with E-state index in [4.69, 9.17) is 5.90 Å². The number of nitrogens with two attached hydrogens (primary N) is 1. The van der Waals surface area contributed by atoms with E-state index in [9.17, 15) is 9.00 Å². The molecule has 0 spiro atoms. The number of aryl methyl sites for hydroxylation is 1. The van der Waals surface area contributed by atoms with E-state index in [0.29, 0.717) is 5.56 Å². The normalized spacial score (nSPS) is 12.5. The van der Waals surface area contributed by atoms with Gasteiger partial charge in [0.15, 0.2) is 0 Å². The van der Waals surface area contributed by atoms with Crippen LogP contribution in [-0.4, -0.2) is 17.3 Å². The van der Waals surface area contributed by atoms with Crippen LogP contribution in [0.25, 0.3) is 0 Å². The van der Waals surface area contributed by atoms with Crippen LogP contribution < -0.4 is 5.90 Å². The Labute approximate surface area is 87.4 Å². The molecule has 0 aliphatic heterocycles. The van der Waals surface area contributed by atoms with E-state index in [-0.39, 0.29) is 9.77 Å². The molecule has 1 aromatic rings. The van der Waals surface area contributed by atoms with Crippen LogP contribution in [0.3, 0.4) is 0 Å². The van der Waals surface area contributed by atoms with Gasteiger partial charge in [-0.3, -0.25) is 0 Å². The van der Waals surface area contributed by atoms with Gasteiger partial charge in [0.05, 0.1) is 12.0 Å². The van der Waals surface area contributed by atoms with Gasteiger partial charge in [-0.05, 0) is 17.9 Å². The number of thiophene rings is 1. The van der Waals surface area contributed by atoms with E-state index in [0.717, 1.165) is 11.3 Å². The second-order valence-corrected chi connectivity index (χ2v) is 4.35. The number of esters is 1. The molecule has 0 aromatic carbocycles. The second-order valence-electron chi connectivity index (χ2n) is 2.40. The van der Waals surface area contributed by atoms with Crippen molar-refractivity contribution >= 4 is 28.4 Å². The van der Waals surface area contributed by atoms with Crippen LogP contribution in [0.4, 0.5) is 0 Å². The molecule has 0 aliphatic rings. The second kappa shape index (κ2) is 4.65. The number of hydrogen-bond acceptors (Lipinski definition) is 6. The van der Waals surface area contributed by atoms with E-state index >= 15 is 0 Å². The lowest BCUT2D eigenvalue weighted by molar-refractivity contribution is 0.0602. The van der Waals surface area contributed by atoms with E-state index < -0.39 is 17.0 Å². The fraction of sp³-hybridized carbons (Fsp3) is 0.286. The molecule has 0 saturated heterocycles. The summed E-state index contributed by atoms with van der Waals surface area (Å²) in [6.07, 6.45) is 0. The highest BCUT2D eigenvalue weighted by atomic mass is 32.2. The van der Waals surface area contributed by atoms with Gasteiger partial charge >= 0.3 is 5.97 Å². The largest absolute Gasteiger partial charge is 0.465 e. The van der Waals surface area contributed by atoms with Gasteiger partial charge in [-0.2, -0.15) is 10.2 Å². The molecule has 0 bridgehead atoms. The molecule has 7 heteroatoms. The molecule has 1 heterocycles. The van der Waals surface area contributed by atoms with Crippen molar-refractivity contribution in [1.29, 1.82) is 0 Å². The molecule has 5 nitrogen and oxygen atoms in total. The fourth-order valence-corrected chi connectivity index (χ4v) is 2.86. The van der Waals surface area contributed by atoms with Crippen molar-refractivity contribution in [3.8, 4) is 0 Å². The Kier molecular flexibility index (Phi) is 3.76. The molecule has 0 saturated carbocycles. The van der Waals surface area contributed by atoms with Gasteiger partial charge in [-0.1, -0.05) is 0 Å². The summed E-state index contributed by atoms with van der Waals surface area (Å²) in [6.45, 7) is 1.72. The summed E-state index contributed by atoms with van der Waals surface area (Å²) in [5.74, 6) is 4.26. The average molecular weight is 235 g/mol. The van der Waals surface area contributed by atoms with Crippen LogP contribution >= 0.6 is 11.3 Å². The molecule has 0 aliphatic carbocycles. The smallest absolute Gasteiger partial charge is 0.349 e. The van der Waals surface area contributed by atoms with Crippen molar-refractivity contribution in [2.45, 2.75) is 11.8 Å². The number of rotatable bonds is 3. The van der Waals surface area contributed by atoms with Gasteiger partial charge in [-0.15, -0.1) is 11.3 Å². The van der Waals surface area contributed by atoms with Crippen molar-refractivity contribution in [2.75, 3.05) is 7.11 Å². The first-order chi connectivity index (χ1) is 6.61. The monoisotopic (exact) mass is 235 g/mol. The summed E-state index contributed by atoms with van der Waals surface area (Å²) in [7, 11) is 1.26. The van der Waals surface area contributed by atoms with Crippen molar-refractivity contribution in [1.82, 2.24) is 0 Å². The van der Waals surface area contributed by atoms with Crippen LogP contribution in [-0.2, 0) is 20.1 Å². The first-order valence-electron chi connectivity index (χ1n) is 3.57. The summed E-state index contributed by atoms with van der Waals surface area (Å²) < 4.78 is 20.0. The van der Waals surface area contributed by atoms with E-state index in [1.165, 1.54) is 7.11 Å². The van der Waals surface area contributed by atoms with Crippen molar-refractivity contribution in [2.24, 2.45) is 5.90 Å². The van der Waals surface area contributed by atoms with Gasteiger partial charge in [0.1, 0.15) is 4.88 Å². The lowest BCUT2D eigenvalue weighted by Crippen LogP contribution is -2.09. The molecule has 2 N–H and O–H groups in total. The van der Waals surface area contributed by atoms with Crippen LogP contribution in [0.2, 0.25) is 0 Å². The summed E-state index contributed by atoms with van der Waals surface area (Å²) in [5, 5.41) is 1.69. The van der Waals surface area contributed by atoms with E-state index in [1.54, 1.807) is 12.3 Å². The van der Waals surface area contributed by atoms with Crippen LogP contribution in [0.15, 0.2) is 10.3 Å². The predicted molar refractivity (Wildman–Crippen MR) is 52.1 cm³/mol. The SMILES string of the molecule is COC(=O)c1scc(C)c1S(=O)ON.